The molecule has 1 saturated heterocycles. The summed E-state index contributed by atoms with van der Waals surface area (Å²) in [6.07, 6.45) is 1.28. The Labute approximate surface area is 176 Å². The highest BCUT2D eigenvalue weighted by molar-refractivity contribution is 7.89. The van der Waals surface area contributed by atoms with E-state index in [0.29, 0.717) is 24.1 Å². The molecule has 1 aromatic rings. The number of carbonyl (C=O) groups is 3. The van der Waals surface area contributed by atoms with Crippen molar-refractivity contribution in [1.82, 2.24) is 14.9 Å². The lowest BCUT2D eigenvalue weighted by atomic mass is 10.0. The van der Waals surface area contributed by atoms with Crippen molar-refractivity contribution in [3.63, 3.8) is 0 Å². The van der Waals surface area contributed by atoms with E-state index < -0.39 is 28.0 Å². The fourth-order valence-electron chi connectivity index (χ4n) is 3.18. The van der Waals surface area contributed by atoms with Crippen LogP contribution >= 0.6 is 11.3 Å². The Kier molecular flexibility index (Phi) is 8.35. The van der Waals surface area contributed by atoms with Gasteiger partial charge in [-0.05, 0) is 43.6 Å². The Bertz CT molecular complexity index is 821. The van der Waals surface area contributed by atoms with Gasteiger partial charge < -0.3 is 10.6 Å². The summed E-state index contributed by atoms with van der Waals surface area (Å²) in [6, 6.07) is 1.92. The molecule has 1 unspecified atom stereocenters. The fourth-order valence-corrected chi connectivity index (χ4v) is 4.90. The van der Waals surface area contributed by atoms with Gasteiger partial charge in [0.05, 0.1) is 23.2 Å². The number of carbonyl (C=O) groups excluding carboxylic acids is 3. The number of ketones is 1. The molecular weight excluding hydrogens is 414 g/mol. The van der Waals surface area contributed by atoms with E-state index in [1.54, 1.807) is 17.5 Å². The number of nitrogens with one attached hydrogen (secondary N) is 2. The van der Waals surface area contributed by atoms with Crippen molar-refractivity contribution in [3.8, 4) is 0 Å². The summed E-state index contributed by atoms with van der Waals surface area (Å²) in [6.45, 7) is 5.46. The second kappa shape index (κ2) is 10.3. The maximum absolute atomic E-state index is 12.8. The quantitative estimate of drug-likeness (QED) is 0.630. The SMILES string of the molecule is CCS(=O)(=O)N1CCCC(NC(=O)[C@H](CC(C)C)NC(=O)c2cccs2)C(=O)C1. The molecule has 0 radical (unpaired) electrons. The molecule has 2 heterocycles. The molecule has 1 aliphatic heterocycles. The number of amides is 2. The van der Waals surface area contributed by atoms with Crippen LogP contribution in [-0.4, -0.2) is 61.2 Å². The molecule has 1 aromatic heterocycles. The highest BCUT2D eigenvalue weighted by Gasteiger charge is 2.33. The first-order chi connectivity index (χ1) is 13.6. The molecule has 162 valence electrons. The summed E-state index contributed by atoms with van der Waals surface area (Å²) in [7, 11) is -3.46. The van der Waals surface area contributed by atoms with Gasteiger partial charge in [0.25, 0.3) is 5.91 Å². The van der Waals surface area contributed by atoms with Crippen molar-refractivity contribution < 1.29 is 22.8 Å². The molecule has 8 nitrogen and oxygen atoms in total. The number of Topliss-reactive ketones (excluding diaryl/α,β-unsaturated/α-hetero) is 1. The van der Waals surface area contributed by atoms with Crippen LogP contribution in [0.25, 0.3) is 0 Å². The van der Waals surface area contributed by atoms with Crippen molar-refractivity contribution in [2.24, 2.45) is 5.92 Å². The van der Waals surface area contributed by atoms with E-state index in [1.807, 2.05) is 13.8 Å². The van der Waals surface area contributed by atoms with E-state index in [1.165, 1.54) is 22.6 Å². The zero-order chi connectivity index (χ0) is 21.6. The lowest BCUT2D eigenvalue weighted by Crippen LogP contribution is -2.52. The van der Waals surface area contributed by atoms with E-state index in [4.69, 9.17) is 0 Å². The molecule has 2 amide bonds. The molecule has 2 N–H and O–H groups in total. The van der Waals surface area contributed by atoms with Crippen molar-refractivity contribution >= 4 is 39.0 Å². The van der Waals surface area contributed by atoms with Crippen LogP contribution in [0, 0.1) is 5.92 Å². The molecule has 1 aliphatic rings. The van der Waals surface area contributed by atoms with Crippen molar-refractivity contribution in [1.29, 1.82) is 0 Å². The first-order valence-electron chi connectivity index (χ1n) is 9.79. The maximum Gasteiger partial charge on any atom is 0.261 e. The normalized spacial score (nSPS) is 19.6. The third kappa shape index (κ3) is 6.61. The molecule has 0 aromatic carbocycles. The minimum atomic E-state index is -3.46. The van der Waals surface area contributed by atoms with E-state index in [2.05, 4.69) is 10.6 Å². The molecular formula is C19H29N3O5S2. The van der Waals surface area contributed by atoms with Crippen molar-refractivity contribution in [2.75, 3.05) is 18.8 Å². The predicted octanol–water partition coefficient (Wildman–Crippen LogP) is 1.39. The number of hydrogen-bond acceptors (Lipinski definition) is 6. The summed E-state index contributed by atoms with van der Waals surface area (Å²) in [4.78, 5) is 38.3. The van der Waals surface area contributed by atoms with Crippen LogP contribution in [0.3, 0.4) is 0 Å². The van der Waals surface area contributed by atoms with Crippen LogP contribution in [0.5, 0.6) is 0 Å². The number of nitrogens with zero attached hydrogens (tertiary/aromatic N) is 1. The van der Waals surface area contributed by atoms with Crippen LogP contribution in [-0.2, 0) is 19.6 Å². The predicted molar refractivity (Wildman–Crippen MR) is 112 cm³/mol. The molecule has 10 heteroatoms. The van der Waals surface area contributed by atoms with E-state index in [0.717, 1.165) is 0 Å². The number of thiophene rings is 1. The zero-order valence-electron chi connectivity index (χ0n) is 17.0. The lowest BCUT2D eigenvalue weighted by molar-refractivity contribution is -0.129. The van der Waals surface area contributed by atoms with Gasteiger partial charge in [-0.3, -0.25) is 14.4 Å². The van der Waals surface area contributed by atoms with Gasteiger partial charge in [-0.15, -0.1) is 11.3 Å². The Balaban J connectivity index is 2.05. The van der Waals surface area contributed by atoms with Crippen LogP contribution in [0.2, 0.25) is 0 Å². The van der Waals surface area contributed by atoms with E-state index >= 15 is 0 Å². The molecule has 1 fully saturated rings. The summed E-state index contributed by atoms with van der Waals surface area (Å²) in [5.41, 5.74) is 0. The average molecular weight is 444 g/mol. The monoisotopic (exact) mass is 443 g/mol. The summed E-state index contributed by atoms with van der Waals surface area (Å²) >= 11 is 1.29. The van der Waals surface area contributed by atoms with Gasteiger partial charge in [0.1, 0.15) is 6.04 Å². The van der Waals surface area contributed by atoms with Crippen molar-refractivity contribution in [3.05, 3.63) is 22.4 Å². The Hall–Kier alpha value is -1.78. The number of sulfonamides is 1. The van der Waals surface area contributed by atoms with Gasteiger partial charge in [0.2, 0.25) is 15.9 Å². The second-order valence-corrected chi connectivity index (χ2v) is 10.7. The Morgan fingerprint density at radius 3 is 2.66 bits per heavy atom. The lowest BCUT2D eigenvalue weighted by Gasteiger charge is -2.23. The Morgan fingerprint density at radius 1 is 1.34 bits per heavy atom. The number of hydrogen-bond donors (Lipinski definition) is 2. The van der Waals surface area contributed by atoms with Gasteiger partial charge >= 0.3 is 0 Å². The number of rotatable bonds is 8. The first-order valence-corrected chi connectivity index (χ1v) is 12.3. The van der Waals surface area contributed by atoms with Gasteiger partial charge in [-0.2, -0.15) is 4.31 Å². The van der Waals surface area contributed by atoms with Gasteiger partial charge in [-0.1, -0.05) is 19.9 Å². The minimum absolute atomic E-state index is 0.0669. The average Bonchev–Trinajstić information content (AvgIpc) is 3.13. The molecule has 0 aliphatic carbocycles. The molecule has 2 rings (SSSR count). The topological polar surface area (TPSA) is 113 Å². The Morgan fingerprint density at radius 2 is 2.07 bits per heavy atom. The standard InChI is InChI=1S/C19H29N3O5S2/c1-4-29(26,27)22-9-5-7-14(16(23)12-22)20-18(24)15(11-13(2)3)21-19(25)17-8-6-10-28-17/h6,8,10,13-15H,4-5,7,9,11-12H2,1-3H3,(H,20,24)(H,21,25)/t14?,15-/m0/s1. The molecule has 0 saturated carbocycles. The molecule has 0 bridgehead atoms. The van der Waals surface area contributed by atoms with E-state index in [-0.39, 0.29) is 36.5 Å². The van der Waals surface area contributed by atoms with Gasteiger partial charge in [-0.25, -0.2) is 8.42 Å². The summed E-state index contributed by atoms with van der Waals surface area (Å²) in [5.74, 6) is -0.991. The van der Waals surface area contributed by atoms with Crippen LogP contribution in [0.4, 0.5) is 0 Å². The highest BCUT2D eigenvalue weighted by Crippen LogP contribution is 2.15. The zero-order valence-corrected chi connectivity index (χ0v) is 18.6. The van der Waals surface area contributed by atoms with Gasteiger partial charge in [0, 0.05) is 6.54 Å². The van der Waals surface area contributed by atoms with Crippen LogP contribution in [0.15, 0.2) is 17.5 Å². The molecule has 0 spiro atoms. The summed E-state index contributed by atoms with van der Waals surface area (Å²) < 4.78 is 25.4. The molecule has 29 heavy (non-hydrogen) atoms. The highest BCUT2D eigenvalue weighted by atomic mass is 32.2. The van der Waals surface area contributed by atoms with Crippen LogP contribution < -0.4 is 10.6 Å². The third-order valence-electron chi connectivity index (χ3n) is 4.77. The smallest absolute Gasteiger partial charge is 0.261 e. The molecule has 2 atom stereocenters. The third-order valence-corrected chi connectivity index (χ3v) is 7.47. The first kappa shape index (κ1) is 23.5. The van der Waals surface area contributed by atoms with Crippen LogP contribution in [0.1, 0.15) is 49.7 Å². The van der Waals surface area contributed by atoms with E-state index in [9.17, 15) is 22.8 Å². The maximum atomic E-state index is 12.8. The summed E-state index contributed by atoms with van der Waals surface area (Å²) in [5, 5.41) is 7.27. The second-order valence-electron chi connectivity index (χ2n) is 7.54. The fraction of sp³-hybridized carbons (Fsp3) is 0.632. The minimum Gasteiger partial charge on any atom is -0.344 e. The van der Waals surface area contributed by atoms with Gasteiger partial charge in [0.15, 0.2) is 5.78 Å². The largest absolute Gasteiger partial charge is 0.344 e. The van der Waals surface area contributed by atoms with Crippen molar-refractivity contribution in [2.45, 2.75) is 52.1 Å².